The monoisotopic (exact) mass is 292 g/mol. The van der Waals surface area contributed by atoms with Crippen LogP contribution in [-0.2, 0) is 4.74 Å². The van der Waals surface area contributed by atoms with Gasteiger partial charge in [-0.05, 0) is 70.7 Å². The molecule has 0 aliphatic heterocycles. The lowest BCUT2D eigenvalue weighted by atomic mass is 10.1. The second-order valence-electron chi connectivity index (χ2n) is 6.44. The average Bonchev–Trinajstić information content (AvgIpc) is 2.30. The highest BCUT2D eigenvalue weighted by Crippen LogP contribution is 2.13. The number of carbonyl (C=O) groups excluding carboxylic acids is 1. The summed E-state index contributed by atoms with van der Waals surface area (Å²) in [4.78, 5) is 11.4. The first kappa shape index (κ1) is 17.3. The van der Waals surface area contributed by atoms with E-state index in [1.165, 1.54) is 11.1 Å². The van der Waals surface area contributed by atoms with E-state index in [4.69, 9.17) is 4.74 Å². The van der Waals surface area contributed by atoms with Gasteiger partial charge in [0.1, 0.15) is 5.60 Å². The molecule has 0 aromatic heterocycles. The molecule has 0 spiro atoms. The van der Waals surface area contributed by atoms with Crippen LogP contribution in [0.2, 0.25) is 0 Å². The molecule has 0 aliphatic carbocycles. The third-order valence-electron chi connectivity index (χ3n) is 2.82. The normalized spacial score (nSPS) is 11.1. The lowest BCUT2D eigenvalue weighted by Crippen LogP contribution is -2.33. The van der Waals surface area contributed by atoms with Gasteiger partial charge >= 0.3 is 6.09 Å². The lowest BCUT2D eigenvalue weighted by molar-refractivity contribution is 0.0527. The Morgan fingerprint density at radius 2 is 1.62 bits per heavy atom. The molecule has 0 saturated heterocycles. The van der Waals surface area contributed by atoms with Crippen LogP contribution in [-0.4, -0.2) is 24.8 Å². The van der Waals surface area contributed by atoms with Crippen molar-refractivity contribution in [2.45, 2.75) is 53.1 Å². The molecule has 0 aliphatic rings. The molecular weight excluding hydrogens is 264 g/mol. The molecule has 4 heteroatoms. The van der Waals surface area contributed by atoms with E-state index >= 15 is 0 Å². The largest absolute Gasteiger partial charge is 0.444 e. The number of nitrogens with one attached hydrogen (secondary N) is 2. The van der Waals surface area contributed by atoms with Gasteiger partial charge in [-0.1, -0.05) is 6.07 Å². The Morgan fingerprint density at radius 3 is 2.19 bits per heavy atom. The molecule has 0 atom stereocenters. The minimum atomic E-state index is -0.436. The van der Waals surface area contributed by atoms with E-state index in [0.717, 1.165) is 25.1 Å². The van der Waals surface area contributed by atoms with E-state index in [9.17, 15) is 4.79 Å². The zero-order chi connectivity index (χ0) is 15.9. The number of carbonyl (C=O) groups is 1. The van der Waals surface area contributed by atoms with Crippen LogP contribution in [0.4, 0.5) is 10.5 Å². The molecule has 0 fully saturated rings. The summed E-state index contributed by atoms with van der Waals surface area (Å²) in [5.41, 5.74) is 3.26. The molecule has 0 saturated carbocycles. The summed E-state index contributed by atoms with van der Waals surface area (Å²) in [5, 5.41) is 6.18. The Hall–Kier alpha value is -1.71. The van der Waals surface area contributed by atoms with Gasteiger partial charge in [-0.25, -0.2) is 4.79 Å². The molecule has 4 nitrogen and oxygen atoms in total. The molecule has 21 heavy (non-hydrogen) atoms. The number of benzene rings is 1. The Balaban J connectivity index is 2.13. The minimum absolute atomic E-state index is 0.343. The van der Waals surface area contributed by atoms with E-state index in [1.807, 2.05) is 20.8 Å². The highest BCUT2D eigenvalue weighted by atomic mass is 16.6. The van der Waals surface area contributed by atoms with Crippen molar-refractivity contribution in [3.8, 4) is 0 Å². The van der Waals surface area contributed by atoms with E-state index in [2.05, 4.69) is 42.7 Å². The van der Waals surface area contributed by atoms with Gasteiger partial charge in [0.25, 0.3) is 0 Å². The Bertz CT molecular complexity index is 444. The van der Waals surface area contributed by atoms with Gasteiger partial charge in [0.2, 0.25) is 0 Å². The second kappa shape index (κ2) is 7.91. The minimum Gasteiger partial charge on any atom is -0.444 e. The van der Waals surface area contributed by atoms with E-state index in [0.29, 0.717) is 6.54 Å². The topological polar surface area (TPSA) is 50.4 Å². The zero-order valence-corrected chi connectivity index (χ0v) is 13.9. The molecule has 1 rings (SSSR count). The number of rotatable bonds is 6. The summed E-state index contributed by atoms with van der Waals surface area (Å²) in [6.45, 7) is 11.3. The average molecular weight is 292 g/mol. The quantitative estimate of drug-likeness (QED) is 0.779. The van der Waals surface area contributed by atoms with E-state index in [1.54, 1.807) is 0 Å². The molecule has 1 amide bonds. The van der Waals surface area contributed by atoms with Crippen molar-refractivity contribution < 1.29 is 9.53 Å². The summed E-state index contributed by atoms with van der Waals surface area (Å²) in [6, 6.07) is 6.45. The van der Waals surface area contributed by atoms with Crippen molar-refractivity contribution in [1.29, 1.82) is 0 Å². The van der Waals surface area contributed by atoms with Crippen LogP contribution in [0.5, 0.6) is 0 Å². The van der Waals surface area contributed by atoms with Crippen molar-refractivity contribution in [1.82, 2.24) is 5.32 Å². The van der Waals surface area contributed by atoms with E-state index < -0.39 is 5.60 Å². The first-order chi connectivity index (χ1) is 9.76. The number of amides is 1. The van der Waals surface area contributed by atoms with Crippen LogP contribution >= 0.6 is 0 Å². The third kappa shape index (κ3) is 8.23. The standard InChI is InChI=1S/C17H28N2O2/c1-13-10-14(2)12-15(11-13)18-8-6-7-9-19-16(20)21-17(3,4)5/h10-12,18H,6-9H2,1-5H3,(H,19,20). The highest BCUT2D eigenvalue weighted by molar-refractivity contribution is 5.67. The fraction of sp³-hybridized carbons (Fsp3) is 0.588. The number of anilines is 1. The van der Waals surface area contributed by atoms with E-state index in [-0.39, 0.29) is 6.09 Å². The number of ether oxygens (including phenoxy) is 1. The van der Waals surface area contributed by atoms with Crippen molar-refractivity contribution in [2.24, 2.45) is 0 Å². The summed E-state index contributed by atoms with van der Waals surface area (Å²) in [5.74, 6) is 0. The first-order valence-electron chi connectivity index (χ1n) is 7.55. The molecule has 1 aromatic rings. The predicted molar refractivity (Wildman–Crippen MR) is 87.9 cm³/mol. The molecule has 0 unspecified atom stereocenters. The zero-order valence-electron chi connectivity index (χ0n) is 13.9. The van der Waals surface area contributed by atoms with Crippen LogP contribution in [0.3, 0.4) is 0 Å². The maximum atomic E-state index is 11.4. The van der Waals surface area contributed by atoms with Gasteiger partial charge in [0.05, 0.1) is 0 Å². The van der Waals surface area contributed by atoms with Crippen LogP contribution < -0.4 is 10.6 Å². The molecule has 1 aromatic carbocycles. The molecular formula is C17H28N2O2. The predicted octanol–water partition coefficient (Wildman–Crippen LogP) is 4.02. The maximum absolute atomic E-state index is 11.4. The van der Waals surface area contributed by atoms with Gasteiger partial charge in [0, 0.05) is 18.8 Å². The Labute approximate surface area is 128 Å². The number of hydrogen-bond acceptors (Lipinski definition) is 3. The summed E-state index contributed by atoms with van der Waals surface area (Å²) in [7, 11) is 0. The van der Waals surface area contributed by atoms with Crippen LogP contribution in [0.1, 0.15) is 44.7 Å². The SMILES string of the molecule is Cc1cc(C)cc(NCCCCNC(=O)OC(C)(C)C)c1. The Morgan fingerprint density at radius 1 is 1.05 bits per heavy atom. The summed E-state index contributed by atoms with van der Waals surface area (Å²) < 4.78 is 5.17. The lowest BCUT2D eigenvalue weighted by Gasteiger charge is -2.19. The highest BCUT2D eigenvalue weighted by Gasteiger charge is 2.15. The molecule has 0 bridgehead atoms. The van der Waals surface area contributed by atoms with Crippen LogP contribution in [0.15, 0.2) is 18.2 Å². The maximum Gasteiger partial charge on any atom is 0.407 e. The molecule has 118 valence electrons. The number of hydrogen-bond donors (Lipinski definition) is 2. The Kier molecular flexibility index (Phi) is 6.53. The van der Waals surface area contributed by atoms with Crippen molar-refractivity contribution in [3.63, 3.8) is 0 Å². The van der Waals surface area contributed by atoms with Gasteiger partial charge in [0.15, 0.2) is 0 Å². The van der Waals surface area contributed by atoms with Crippen molar-refractivity contribution >= 4 is 11.8 Å². The summed E-state index contributed by atoms with van der Waals surface area (Å²) in [6.07, 6.45) is 1.59. The summed E-state index contributed by atoms with van der Waals surface area (Å²) >= 11 is 0. The van der Waals surface area contributed by atoms with Crippen molar-refractivity contribution in [3.05, 3.63) is 29.3 Å². The second-order valence-corrected chi connectivity index (χ2v) is 6.44. The number of unbranched alkanes of at least 4 members (excludes halogenated alkanes) is 1. The van der Waals surface area contributed by atoms with Gasteiger partial charge in [-0.2, -0.15) is 0 Å². The number of aryl methyl sites for hydroxylation is 2. The molecule has 0 radical (unpaired) electrons. The van der Waals surface area contributed by atoms with Crippen LogP contribution in [0.25, 0.3) is 0 Å². The first-order valence-corrected chi connectivity index (χ1v) is 7.55. The molecule has 2 N–H and O–H groups in total. The van der Waals surface area contributed by atoms with Crippen LogP contribution in [0, 0.1) is 13.8 Å². The van der Waals surface area contributed by atoms with Gasteiger partial charge < -0.3 is 15.4 Å². The fourth-order valence-corrected chi connectivity index (χ4v) is 2.06. The smallest absolute Gasteiger partial charge is 0.407 e. The van der Waals surface area contributed by atoms with Gasteiger partial charge in [-0.3, -0.25) is 0 Å². The van der Waals surface area contributed by atoms with Gasteiger partial charge in [-0.15, -0.1) is 0 Å². The molecule has 0 heterocycles. The number of alkyl carbamates (subject to hydrolysis) is 1. The third-order valence-corrected chi connectivity index (χ3v) is 2.82. The van der Waals surface area contributed by atoms with Crippen molar-refractivity contribution in [2.75, 3.05) is 18.4 Å². The fourth-order valence-electron chi connectivity index (χ4n) is 2.06.